The van der Waals surface area contributed by atoms with E-state index in [2.05, 4.69) is 62.1 Å². The fourth-order valence-corrected chi connectivity index (χ4v) is 2.79. The molecule has 0 fully saturated rings. The predicted octanol–water partition coefficient (Wildman–Crippen LogP) is 5.61. The van der Waals surface area contributed by atoms with Crippen LogP contribution in [0.2, 0.25) is 0 Å². The molecule has 2 radical (unpaired) electrons. The van der Waals surface area contributed by atoms with Gasteiger partial charge in [-0.05, 0) is 18.9 Å². The number of nitrogens with zero attached hydrogens (tertiary/aromatic N) is 2. The minimum absolute atomic E-state index is 1.07. The van der Waals surface area contributed by atoms with Gasteiger partial charge in [0.1, 0.15) is 0 Å². The normalized spacial score (nSPS) is 11.6. The van der Waals surface area contributed by atoms with E-state index in [1.165, 1.54) is 51.4 Å². The Morgan fingerprint density at radius 2 is 1.58 bits per heavy atom. The van der Waals surface area contributed by atoms with Crippen molar-refractivity contribution in [1.29, 1.82) is 0 Å². The van der Waals surface area contributed by atoms with Crippen molar-refractivity contribution in [2.45, 2.75) is 65.2 Å². The van der Waals surface area contributed by atoms with Crippen LogP contribution in [0, 0.1) is 12.3 Å². The Morgan fingerprint density at radius 1 is 0.917 bits per heavy atom. The second-order valence-electron chi connectivity index (χ2n) is 6.70. The third kappa shape index (κ3) is 8.42. The summed E-state index contributed by atoms with van der Waals surface area (Å²) < 4.78 is 0. The lowest BCUT2D eigenvalue weighted by molar-refractivity contribution is 0.395. The first-order valence-corrected chi connectivity index (χ1v) is 9.72. The summed E-state index contributed by atoms with van der Waals surface area (Å²) in [5.41, 5.74) is 2.29. The molecule has 1 aromatic carbocycles. The highest BCUT2D eigenvalue weighted by Crippen LogP contribution is 2.18. The van der Waals surface area contributed by atoms with Crippen LogP contribution in [0.3, 0.4) is 0 Å². The molecular weight excluding hydrogens is 292 g/mol. The Bertz CT molecular complexity index is 439. The molecule has 24 heavy (non-hydrogen) atoms. The Hall–Kier alpha value is -1.44. The van der Waals surface area contributed by atoms with Crippen molar-refractivity contribution in [3.8, 4) is 0 Å². The van der Waals surface area contributed by atoms with Crippen molar-refractivity contribution in [2.75, 3.05) is 27.2 Å². The van der Waals surface area contributed by atoms with Crippen LogP contribution in [0.25, 0.3) is 5.70 Å². The molecule has 1 rings (SSSR count). The predicted molar refractivity (Wildman–Crippen MR) is 105 cm³/mol. The van der Waals surface area contributed by atoms with Gasteiger partial charge in [0.25, 0.3) is 0 Å². The summed E-state index contributed by atoms with van der Waals surface area (Å²) in [6, 6.07) is 11.6. The van der Waals surface area contributed by atoms with Gasteiger partial charge in [-0.25, -0.2) is 0 Å². The zero-order chi connectivity index (χ0) is 17.6. The summed E-state index contributed by atoms with van der Waals surface area (Å²) in [6.45, 7) is 6.66. The largest absolute Gasteiger partial charge is 0.372 e. The molecular formula is C22H36N2. The highest BCUT2D eigenvalue weighted by molar-refractivity contribution is 5.61. The van der Waals surface area contributed by atoms with Gasteiger partial charge in [0.05, 0.1) is 11.9 Å². The maximum absolute atomic E-state index is 3.60. The van der Waals surface area contributed by atoms with Gasteiger partial charge >= 0.3 is 0 Å². The molecule has 0 heterocycles. The molecule has 2 heteroatoms. The van der Waals surface area contributed by atoms with E-state index >= 15 is 0 Å². The van der Waals surface area contributed by atoms with Crippen LogP contribution >= 0.6 is 0 Å². The minimum atomic E-state index is 1.07. The Balaban J connectivity index is 2.68. The minimum Gasteiger partial charge on any atom is -0.372 e. The summed E-state index contributed by atoms with van der Waals surface area (Å²) in [7, 11) is 4.32. The Kier molecular flexibility index (Phi) is 11.1. The number of rotatable bonds is 13. The summed E-state index contributed by atoms with van der Waals surface area (Å²) in [5, 5.41) is 0. The lowest BCUT2D eigenvalue weighted by Crippen LogP contribution is -2.22. The molecule has 0 amide bonds. The van der Waals surface area contributed by atoms with Crippen LogP contribution in [-0.4, -0.2) is 37.0 Å². The van der Waals surface area contributed by atoms with Crippen molar-refractivity contribution in [2.24, 2.45) is 0 Å². The maximum atomic E-state index is 3.60. The second-order valence-corrected chi connectivity index (χ2v) is 6.70. The van der Waals surface area contributed by atoms with Crippen LogP contribution in [0.1, 0.15) is 70.8 Å². The summed E-state index contributed by atoms with van der Waals surface area (Å²) >= 11 is 0. The molecule has 0 saturated carbocycles. The van der Waals surface area contributed by atoms with Crippen LogP contribution in [0.15, 0.2) is 24.3 Å². The smallest absolute Gasteiger partial charge is 0.0867 e. The van der Waals surface area contributed by atoms with Crippen LogP contribution in [0.5, 0.6) is 0 Å². The van der Waals surface area contributed by atoms with E-state index in [1.54, 1.807) is 0 Å². The second kappa shape index (κ2) is 12.9. The first-order chi connectivity index (χ1) is 11.7. The monoisotopic (exact) mass is 328 g/mol. The van der Waals surface area contributed by atoms with Gasteiger partial charge in [0, 0.05) is 32.7 Å². The molecule has 0 unspecified atom stereocenters. The van der Waals surface area contributed by atoms with Crippen molar-refractivity contribution in [1.82, 2.24) is 9.80 Å². The molecule has 2 nitrogen and oxygen atoms in total. The molecule has 0 bridgehead atoms. The average Bonchev–Trinajstić information content (AvgIpc) is 2.61. The van der Waals surface area contributed by atoms with Gasteiger partial charge in [0.2, 0.25) is 0 Å². The number of benzene rings is 1. The van der Waals surface area contributed by atoms with Crippen molar-refractivity contribution < 1.29 is 0 Å². The topological polar surface area (TPSA) is 6.48 Å². The number of hydrogen-bond donors (Lipinski definition) is 0. The quantitative estimate of drug-likeness (QED) is 0.343. The summed E-state index contributed by atoms with van der Waals surface area (Å²) in [5.74, 6) is 0. The van der Waals surface area contributed by atoms with Crippen molar-refractivity contribution in [3.05, 3.63) is 42.1 Å². The molecule has 0 aliphatic heterocycles. The van der Waals surface area contributed by atoms with Crippen molar-refractivity contribution in [3.63, 3.8) is 0 Å². The Morgan fingerprint density at radius 3 is 2.17 bits per heavy atom. The zero-order valence-electron chi connectivity index (χ0n) is 16.3. The first-order valence-electron chi connectivity index (χ1n) is 9.72. The molecule has 1 aromatic rings. The first kappa shape index (κ1) is 20.6. The third-order valence-corrected chi connectivity index (χ3v) is 4.34. The molecule has 0 spiro atoms. The molecule has 0 saturated heterocycles. The SMILES string of the molecule is CCCCCCN(C)[C]=C(c1[c]cccc1)N(C)CCCCCC. The fourth-order valence-electron chi connectivity index (χ4n) is 2.79. The van der Waals surface area contributed by atoms with E-state index < -0.39 is 0 Å². The third-order valence-electron chi connectivity index (χ3n) is 4.34. The number of hydrogen-bond acceptors (Lipinski definition) is 2. The fraction of sp³-hybridized carbons (Fsp3) is 0.636. The number of unbranched alkanes of at least 4 members (excludes halogenated alkanes) is 6. The average molecular weight is 329 g/mol. The highest BCUT2D eigenvalue weighted by atomic mass is 15.1. The zero-order valence-corrected chi connectivity index (χ0v) is 16.3. The summed E-state index contributed by atoms with van der Waals surface area (Å²) in [4.78, 5) is 4.55. The van der Waals surface area contributed by atoms with E-state index in [4.69, 9.17) is 0 Å². The molecule has 0 aliphatic rings. The van der Waals surface area contributed by atoms with E-state index in [-0.39, 0.29) is 0 Å². The van der Waals surface area contributed by atoms with Crippen LogP contribution < -0.4 is 0 Å². The lowest BCUT2D eigenvalue weighted by atomic mass is 10.1. The van der Waals surface area contributed by atoms with E-state index in [0.29, 0.717) is 0 Å². The van der Waals surface area contributed by atoms with Crippen LogP contribution in [-0.2, 0) is 0 Å². The molecule has 134 valence electrons. The van der Waals surface area contributed by atoms with Gasteiger partial charge in [-0.15, -0.1) is 0 Å². The standard InChI is InChI=1S/C22H36N2/c1-5-7-9-14-18-23(3)20-22(21-16-12-11-13-17-21)24(4)19-15-10-8-6-2/h11-13,16H,5-10,14-15,18-19H2,1-4H3. The molecule has 0 aliphatic carbocycles. The lowest BCUT2D eigenvalue weighted by Gasteiger charge is -2.25. The van der Waals surface area contributed by atoms with Gasteiger partial charge in [-0.1, -0.05) is 76.6 Å². The van der Waals surface area contributed by atoms with Gasteiger partial charge < -0.3 is 9.80 Å². The summed E-state index contributed by atoms with van der Waals surface area (Å²) in [6.07, 6.45) is 13.9. The molecule has 0 atom stereocenters. The highest BCUT2D eigenvalue weighted by Gasteiger charge is 2.09. The van der Waals surface area contributed by atoms with Gasteiger partial charge in [0.15, 0.2) is 0 Å². The van der Waals surface area contributed by atoms with E-state index in [0.717, 1.165) is 24.4 Å². The van der Waals surface area contributed by atoms with Crippen molar-refractivity contribution >= 4 is 5.70 Å². The van der Waals surface area contributed by atoms with E-state index in [9.17, 15) is 0 Å². The van der Waals surface area contributed by atoms with Gasteiger partial charge in [-0.3, -0.25) is 0 Å². The Labute approximate surface area is 150 Å². The van der Waals surface area contributed by atoms with E-state index in [1.807, 2.05) is 12.1 Å². The maximum Gasteiger partial charge on any atom is 0.0867 e. The van der Waals surface area contributed by atoms with Crippen LogP contribution in [0.4, 0.5) is 0 Å². The molecule has 0 aromatic heterocycles. The van der Waals surface area contributed by atoms with Gasteiger partial charge in [-0.2, -0.15) is 0 Å². The molecule has 0 N–H and O–H groups in total.